The van der Waals surface area contributed by atoms with E-state index in [9.17, 15) is 0 Å². The number of rotatable bonds is 3. The molecule has 2 aliphatic rings. The maximum atomic E-state index is 2.46. The summed E-state index contributed by atoms with van der Waals surface area (Å²) >= 11 is 0. The molecule has 202 valence electrons. The van der Waals surface area contributed by atoms with Crippen molar-refractivity contribution in [2.75, 3.05) is 0 Å². The second kappa shape index (κ2) is 8.90. The van der Waals surface area contributed by atoms with Crippen LogP contribution in [0.4, 0.5) is 0 Å². The normalized spacial score (nSPS) is 13.5. The summed E-state index contributed by atoms with van der Waals surface area (Å²) in [4.78, 5) is 0. The van der Waals surface area contributed by atoms with Crippen LogP contribution in [0.3, 0.4) is 0 Å². The molecule has 43 heavy (non-hydrogen) atoms. The number of hydrogen-bond donors (Lipinski definition) is 0. The summed E-state index contributed by atoms with van der Waals surface area (Å²) in [5, 5.41) is 2.71. The van der Waals surface area contributed by atoms with Gasteiger partial charge in [-0.05, 0) is 101 Å². The maximum absolute atomic E-state index is 2.46. The number of hydrogen-bond acceptors (Lipinski definition) is 0. The highest BCUT2D eigenvalue weighted by atomic mass is 14.4. The quantitative estimate of drug-likeness (QED) is 0.207. The number of fused-ring (bicyclic) bond motifs is 6. The van der Waals surface area contributed by atoms with E-state index in [-0.39, 0.29) is 5.41 Å². The zero-order valence-electron chi connectivity index (χ0n) is 24.4. The van der Waals surface area contributed by atoms with E-state index in [1.807, 2.05) is 0 Å². The van der Waals surface area contributed by atoms with Crippen LogP contribution in [-0.2, 0) is 5.41 Å². The van der Waals surface area contributed by atoms with E-state index in [4.69, 9.17) is 0 Å². The standard InChI is InChI=1S/C43H30/c1-43(2)40-25-28(31-14-7-6-13-30(31)27-11-4-3-5-12-27)19-21-35(40)36-22-20-29(26-41(36)43)32-23-24-39-34-16-9-8-15-33(34)38-18-10-17-37(32)42(38)39/h3-26H,1-2H3. The zero-order chi connectivity index (χ0) is 28.7. The highest BCUT2D eigenvalue weighted by molar-refractivity contribution is 6.18. The lowest BCUT2D eigenvalue weighted by molar-refractivity contribution is 0.661. The molecule has 0 spiro atoms. The van der Waals surface area contributed by atoms with Gasteiger partial charge in [-0.25, -0.2) is 0 Å². The SMILES string of the molecule is CC1(C)c2cc(-c3ccccc3-c3ccccc3)ccc2-c2ccc(-c3ccc4c5c(cccc35)-c3ccccc3-4)cc21. The smallest absolute Gasteiger partial charge is 0.0159 e. The van der Waals surface area contributed by atoms with Gasteiger partial charge in [0.15, 0.2) is 0 Å². The molecule has 0 saturated heterocycles. The molecule has 0 bridgehead atoms. The van der Waals surface area contributed by atoms with Crippen LogP contribution in [-0.4, -0.2) is 0 Å². The van der Waals surface area contributed by atoms with E-state index >= 15 is 0 Å². The summed E-state index contributed by atoms with van der Waals surface area (Å²) in [6.07, 6.45) is 0. The summed E-state index contributed by atoms with van der Waals surface area (Å²) in [6.45, 7) is 4.77. The molecule has 2 aliphatic carbocycles. The third-order valence-corrected chi connectivity index (χ3v) is 9.86. The van der Waals surface area contributed by atoms with Gasteiger partial charge in [-0.15, -0.1) is 0 Å². The summed E-state index contributed by atoms with van der Waals surface area (Å²) in [5.74, 6) is 0. The topological polar surface area (TPSA) is 0 Å². The first-order valence-electron chi connectivity index (χ1n) is 15.2. The highest BCUT2D eigenvalue weighted by Crippen LogP contribution is 2.53. The summed E-state index contributed by atoms with van der Waals surface area (Å²) in [5.41, 5.74) is 18.4. The van der Waals surface area contributed by atoms with Crippen molar-refractivity contribution >= 4 is 10.8 Å². The van der Waals surface area contributed by atoms with Crippen LogP contribution in [0, 0.1) is 0 Å². The molecule has 0 aromatic heterocycles. The first kappa shape index (κ1) is 24.4. The van der Waals surface area contributed by atoms with Gasteiger partial charge in [0.2, 0.25) is 0 Å². The molecule has 0 fully saturated rings. The average Bonchev–Trinajstić information content (AvgIpc) is 3.51. The fraction of sp³-hybridized carbons (Fsp3) is 0.0698. The van der Waals surface area contributed by atoms with Crippen molar-refractivity contribution in [2.24, 2.45) is 0 Å². The molecule has 9 rings (SSSR count). The number of benzene rings is 7. The fourth-order valence-electron chi connectivity index (χ4n) is 7.74. The molecular weight excluding hydrogens is 516 g/mol. The van der Waals surface area contributed by atoms with Crippen molar-refractivity contribution in [3.63, 3.8) is 0 Å². The molecule has 0 unspecified atom stereocenters. The first-order chi connectivity index (χ1) is 21.1. The second-order valence-corrected chi connectivity index (χ2v) is 12.5. The lowest BCUT2D eigenvalue weighted by Gasteiger charge is -2.23. The van der Waals surface area contributed by atoms with E-state index in [0.717, 1.165) is 0 Å². The van der Waals surface area contributed by atoms with Crippen molar-refractivity contribution in [1.29, 1.82) is 0 Å². The Kier molecular flexibility index (Phi) is 5.05. The van der Waals surface area contributed by atoms with Gasteiger partial charge < -0.3 is 0 Å². The highest BCUT2D eigenvalue weighted by Gasteiger charge is 2.36. The molecule has 0 nitrogen and oxygen atoms in total. The van der Waals surface area contributed by atoms with E-state index in [1.54, 1.807) is 0 Å². The van der Waals surface area contributed by atoms with Crippen molar-refractivity contribution in [2.45, 2.75) is 19.3 Å². The lowest BCUT2D eigenvalue weighted by atomic mass is 9.80. The van der Waals surface area contributed by atoms with Gasteiger partial charge in [0.1, 0.15) is 0 Å². The zero-order valence-corrected chi connectivity index (χ0v) is 24.4. The molecule has 0 atom stereocenters. The minimum atomic E-state index is -0.108. The second-order valence-electron chi connectivity index (χ2n) is 12.5. The van der Waals surface area contributed by atoms with Gasteiger partial charge in [0, 0.05) is 5.41 Å². The van der Waals surface area contributed by atoms with Gasteiger partial charge in [0.25, 0.3) is 0 Å². The Labute approximate surface area is 252 Å². The molecular formula is C43H30. The molecule has 0 radical (unpaired) electrons. The van der Waals surface area contributed by atoms with Crippen molar-refractivity contribution < 1.29 is 0 Å². The molecule has 0 heteroatoms. The summed E-state index contributed by atoms with van der Waals surface area (Å²) in [7, 11) is 0. The van der Waals surface area contributed by atoms with Crippen molar-refractivity contribution in [3.05, 3.63) is 157 Å². The minimum absolute atomic E-state index is 0.108. The molecule has 0 heterocycles. The molecule has 7 aromatic carbocycles. The van der Waals surface area contributed by atoms with Crippen LogP contribution in [0.15, 0.2) is 146 Å². The van der Waals surface area contributed by atoms with Gasteiger partial charge in [-0.2, -0.15) is 0 Å². The van der Waals surface area contributed by atoms with Gasteiger partial charge in [0.05, 0.1) is 0 Å². The predicted octanol–water partition coefficient (Wildman–Crippen LogP) is 11.8. The van der Waals surface area contributed by atoms with Crippen LogP contribution in [0.1, 0.15) is 25.0 Å². The van der Waals surface area contributed by atoms with E-state index in [2.05, 4.69) is 159 Å². The monoisotopic (exact) mass is 546 g/mol. The lowest BCUT2D eigenvalue weighted by Crippen LogP contribution is -2.15. The van der Waals surface area contributed by atoms with E-state index < -0.39 is 0 Å². The van der Waals surface area contributed by atoms with Crippen LogP contribution >= 0.6 is 0 Å². The van der Waals surface area contributed by atoms with Crippen LogP contribution in [0.5, 0.6) is 0 Å². The largest absolute Gasteiger partial charge is 0.0622 e. The Morgan fingerprint density at radius 2 is 0.791 bits per heavy atom. The average molecular weight is 547 g/mol. The predicted molar refractivity (Wildman–Crippen MR) is 182 cm³/mol. The minimum Gasteiger partial charge on any atom is -0.0622 e. The van der Waals surface area contributed by atoms with Gasteiger partial charge in [-0.3, -0.25) is 0 Å². The van der Waals surface area contributed by atoms with Crippen LogP contribution in [0.25, 0.3) is 77.5 Å². The summed E-state index contributed by atoms with van der Waals surface area (Å²) < 4.78 is 0. The van der Waals surface area contributed by atoms with Gasteiger partial charge in [-0.1, -0.05) is 147 Å². The molecule has 0 aliphatic heterocycles. The molecule has 0 N–H and O–H groups in total. The maximum Gasteiger partial charge on any atom is 0.0159 e. The Bertz CT molecular complexity index is 2220. The van der Waals surface area contributed by atoms with E-state index in [0.29, 0.717) is 0 Å². The molecule has 0 saturated carbocycles. The molecule has 7 aromatic rings. The summed E-state index contributed by atoms with van der Waals surface area (Å²) in [6, 6.07) is 54.0. The Morgan fingerprint density at radius 3 is 1.44 bits per heavy atom. The van der Waals surface area contributed by atoms with Crippen molar-refractivity contribution in [3.8, 4) is 66.8 Å². The van der Waals surface area contributed by atoms with E-state index in [1.165, 1.54) is 88.7 Å². The molecule has 0 amide bonds. The van der Waals surface area contributed by atoms with Crippen LogP contribution in [0.2, 0.25) is 0 Å². The first-order valence-corrected chi connectivity index (χ1v) is 15.2. The fourth-order valence-corrected chi connectivity index (χ4v) is 7.74. The van der Waals surface area contributed by atoms with Crippen LogP contribution < -0.4 is 0 Å². The third kappa shape index (κ3) is 3.44. The third-order valence-electron chi connectivity index (χ3n) is 9.86. The Hall–Kier alpha value is -5.20. The van der Waals surface area contributed by atoms with Crippen molar-refractivity contribution in [1.82, 2.24) is 0 Å². The Balaban J connectivity index is 1.17. The van der Waals surface area contributed by atoms with Gasteiger partial charge >= 0.3 is 0 Å². The Morgan fingerprint density at radius 1 is 0.326 bits per heavy atom.